The van der Waals surface area contributed by atoms with Crippen molar-refractivity contribution in [2.45, 2.75) is 90.4 Å². The quantitative estimate of drug-likeness (QED) is 0.0906. The summed E-state index contributed by atoms with van der Waals surface area (Å²) in [6.45, 7) is 16.4. The maximum Gasteiger partial charge on any atom is 0.350 e. The summed E-state index contributed by atoms with van der Waals surface area (Å²) in [7, 11) is 0. The van der Waals surface area contributed by atoms with Crippen LogP contribution in [0, 0.1) is 0 Å². The van der Waals surface area contributed by atoms with Crippen LogP contribution < -0.4 is 0 Å². The average Bonchev–Trinajstić information content (AvgIpc) is 3.41. The Morgan fingerprint density at radius 3 is 1.77 bits per heavy atom. The third kappa shape index (κ3) is 3.98. The number of epoxide rings is 1. The van der Waals surface area contributed by atoms with Crippen molar-refractivity contribution in [2.75, 3.05) is 13.2 Å². The second-order valence-corrected chi connectivity index (χ2v) is 10.3. The van der Waals surface area contributed by atoms with Gasteiger partial charge in [-0.3, -0.25) is 9.47 Å². The van der Waals surface area contributed by atoms with Crippen molar-refractivity contribution in [2.24, 2.45) is 0 Å². The second kappa shape index (κ2) is 10.6. The minimum Gasteiger partial charge on any atom is -0.394 e. The molecular weight excluding hydrogens is 516 g/mol. The highest BCUT2D eigenvalue weighted by Gasteiger charge is 2.96. The van der Waals surface area contributed by atoms with Crippen molar-refractivity contribution in [1.29, 1.82) is 0 Å². The summed E-state index contributed by atoms with van der Waals surface area (Å²) in [6, 6.07) is 0. The Hall–Kier alpha value is -1.78. The lowest BCUT2D eigenvalue weighted by Gasteiger charge is -2.63. The molecule has 1 unspecified atom stereocenters. The predicted octanol–water partition coefficient (Wildman–Crippen LogP) is -0.980. The van der Waals surface area contributed by atoms with Gasteiger partial charge in [0.05, 0.1) is 6.61 Å². The first-order valence-electron chi connectivity index (χ1n) is 12.5. The van der Waals surface area contributed by atoms with Gasteiger partial charge in [0.2, 0.25) is 5.79 Å². The fourth-order valence-corrected chi connectivity index (χ4v) is 6.15. The molecule has 39 heavy (non-hydrogen) atoms. The van der Waals surface area contributed by atoms with Gasteiger partial charge < -0.3 is 50.3 Å². The van der Waals surface area contributed by atoms with Gasteiger partial charge >= 0.3 is 5.97 Å². The number of hydrogen-bond donors (Lipinski definition) is 8. The molecule has 0 aliphatic carbocycles. The molecule has 3 fully saturated rings. The van der Waals surface area contributed by atoms with Crippen molar-refractivity contribution in [3.05, 3.63) is 63.3 Å². The van der Waals surface area contributed by atoms with E-state index in [9.17, 15) is 40.9 Å². The Bertz CT molecular complexity index is 978. The van der Waals surface area contributed by atoms with E-state index >= 15 is 0 Å². The average molecular weight is 557 g/mol. The van der Waals surface area contributed by atoms with Crippen LogP contribution in [0.25, 0.3) is 0 Å². The molecule has 3 aliphatic rings. The minimum absolute atomic E-state index is 0.236. The van der Waals surface area contributed by atoms with E-state index in [1.807, 2.05) is 0 Å². The van der Waals surface area contributed by atoms with Gasteiger partial charge in [-0.15, -0.1) is 32.9 Å². The largest absolute Gasteiger partial charge is 0.394 e. The highest BCUT2D eigenvalue weighted by molar-refractivity contribution is 5.35. The first kappa shape index (κ1) is 31.7. The summed E-state index contributed by atoms with van der Waals surface area (Å²) >= 11 is 0. The van der Waals surface area contributed by atoms with Crippen molar-refractivity contribution < 1.29 is 59.8 Å². The zero-order valence-electron chi connectivity index (χ0n) is 21.8. The molecule has 3 saturated heterocycles. The van der Waals surface area contributed by atoms with Crippen LogP contribution in [0.5, 0.6) is 0 Å². The number of ether oxygens (including phenoxy) is 4. The number of aliphatic hydroxyl groups is 8. The summed E-state index contributed by atoms with van der Waals surface area (Å²) in [4.78, 5) is 0. The Morgan fingerprint density at radius 1 is 0.795 bits per heavy atom. The zero-order valence-corrected chi connectivity index (χ0v) is 21.8. The van der Waals surface area contributed by atoms with Gasteiger partial charge in [-0.1, -0.05) is 30.4 Å². The molecule has 0 spiro atoms. The van der Waals surface area contributed by atoms with E-state index in [1.165, 1.54) is 30.4 Å². The Kier molecular flexibility index (Phi) is 8.60. The standard InChI is InChI=1S/C27H40O12/c1-6-11-21(32,12-7-2)25(15-10-5)23(33,13-8-3)24(34,14-9-4)26(35)27(38-25,39-26)37-22(17-29)20(31)19(30)18(16-28)36-22/h6-10,18-20,28-35H,1-5,11-17H2/t18-,19-,20+,22?,23+,24+,25-,26+,27+/m1/s1. The van der Waals surface area contributed by atoms with Gasteiger partial charge in [-0.25, -0.2) is 0 Å². The molecule has 0 radical (unpaired) electrons. The first-order chi connectivity index (χ1) is 18.2. The van der Waals surface area contributed by atoms with Crippen LogP contribution in [0.4, 0.5) is 0 Å². The van der Waals surface area contributed by atoms with E-state index in [0.717, 1.165) is 0 Å². The minimum atomic E-state index is -2.91. The third-order valence-electron chi connectivity index (χ3n) is 8.12. The lowest BCUT2D eigenvalue weighted by molar-refractivity contribution is -0.459. The summed E-state index contributed by atoms with van der Waals surface area (Å²) in [5.74, 6) is -8.27. The van der Waals surface area contributed by atoms with E-state index in [2.05, 4.69) is 32.9 Å². The lowest BCUT2D eigenvalue weighted by atomic mass is 9.55. The van der Waals surface area contributed by atoms with Gasteiger partial charge in [-0.05, 0) is 19.3 Å². The molecule has 0 aromatic heterocycles. The smallest absolute Gasteiger partial charge is 0.350 e. The number of aliphatic hydroxyl groups excluding tert-OH is 4. The summed E-state index contributed by atoms with van der Waals surface area (Å²) in [5.41, 5.74) is -9.77. The molecule has 3 rings (SSSR count). The maximum absolute atomic E-state index is 12.4. The van der Waals surface area contributed by atoms with E-state index in [-0.39, 0.29) is 19.3 Å². The normalized spacial score (nSPS) is 45.3. The van der Waals surface area contributed by atoms with E-state index < -0.39 is 84.3 Å². The van der Waals surface area contributed by atoms with Crippen LogP contribution in [0.1, 0.15) is 32.1 Å². The zero-order chi connectivity index (χ0) is 29.5. The summed E-state index contributed by atoms with van der Waals surface area (Å²) in [5, 5.41) is 89.4. The highest BCUT2D eigenvalue weighted by atomic mass is 17.0. The molecule has 220 valence electrons. The van der Waals surface area contributed by atoms with Crippen LogP contribution >= 0.6 is 0 Å². The van der Waals surface area contributed by atoms with E-state index in [0.29, 0.717) is 0 Å². The van der Waals surface area contributed by atoms with Gasteiger partial charge in [-0.2, -0.15) is 0 Å². The fraction of sp³-hybridized carbons (Fsp3) is 0.630. The van der Waals surface area contributed by atoms with Crippen LogP contribution in [0.15, 0.2) is 63.3 Å². The molecular formula is C27H40O12. The molecule has 0 aromatic carbocycles. The topological polar surface area (TPSA) is 202 Å². The van der Waals surface area contributed by atoms with E-state index in [4.69, 9.17) is 18.9 Å². The number of hydrogen-bond acceptors (Lipinski definition) is 12. The first-order valence-corrected chi connectivity index (χ1v) is 12.5. The third-order valence-corrected chi connectivity index (χ3v) is 8.12. The van der Waals surface area contributed by atoms with Gasteiger partial charge in [0.1, 0.15) is 41.7 Å². The Morgan fingerprint density at radius 2 is 1.33 bits per heavy atom. The monoisotopic (exact) mass is 556 g/mol. The fourth-order valence-electron chi connectivity index (χ4n) is 6.15. The SMILES string of the molecule is C=CCC(O)(CC=C)[C@@]1(CC=C)O[C@]2(OC3(CO)O[C@H](CO)[C@@H](O)[C@@H]3O)O[C@@]2(O)[C@](O)(CC=C)[C@@]1(O)CC=C. The molecule has 9 atom stereocenters. The van der Waals surface area contributed by atoms with Crippen molar-refractivity contribution in [3.8, 4) is 0 Å². The molecule has 12 nitrogen and oxygen atoms in total. The van der Waals surface area contributed by atoms with Crippen LogP contribution in [0.3, 0.4) is 0 Å². The van der Waals surface area contributed by atoms with Gasteiger partial charge in [0.15, 0.2) is 5.60 Å². The summed E-state index contributed by atoms with van der Waals surface area (Å²) < 4.78 is 23.1. The number of rotatable bonds is 15. The molecule has 0 bridgehead atoms. The van der Waals surface area contributed by atoms with E-state index in [1.54, 1.807) is 0 Å². The molecule has 3 heterocycles. The van der Waals surface area contributed by atoms with Crippen LogP contribution in [-0.4, -0.2) is 112 Å². The highest BCUT2D eigenvalue weighted by Crippen LogP contribution is 2.71. The molecule has 0 aromatic rings. The molecule has 0 amide bonds. The van der Waals surface area contributed by atoms with Gasteiger partial charge in [0.25, 0.3) is 5.79 Å². The predicted molar refractivity (Wildman–Crippen MR) is 136 cm³/mol. The maximum atomic E-state index is 12.4. The van der Waals surface area contributed by atoms with Crippen molar-refractivity contribution in [1.82, 2.24) is 0 Å². The van der Waals surface area contributed by atoms with Gasteiger partial charge in [0, 0.05) is 12.8 Å². The van der Waals surface area contributed by atoms with Crippen molar-refractivity contribution in [3.63, 3.8) is 0 Å². The Balaban J connectivity index is 2.34. The Labute approximate surface area is 227 Å². The van der Waals surface area contributed by atoms with Crippen molar-refractivity contribution >= 4 is 0 Å². The van der Waals surface area contributed by atoms with Crippen LogP contribution in [-0.2, 0) is 18.9 Å². The molecule has 12 heteroatoms. The molecule has 8 N–H and O–H groups in total. The second-order valence-electron chi connectivity index (χ2n) is 10.3. The molecule has 0 saturated carbocycles. The molecule has 3 aliphatic heterocycles. The van der Waals surface area contributed by atoms with Crippen LogP contribution in [0.2, 0.25) is 0 Å². The lowest BCUT2D eigenvalue weighted by Crippen LogP contribution is -2.84. The number of fused-ring (bicyclic) bond motifs is 1. The summed E-state index contributed by atoms with van der Waals surface area (Å²) in [6.07, 6.45) is -0.571.